The molecule has 0 saturated carbocycles. The summed E-state index contributed by atoms with van der Waals surface area (Å²) >= 11 is 5.92. The van der Waals surface area contributed by atoms with Crippen LogP contribution < -0.4 is 15.5 Å². The van der Waals surface area contributed by atoms with Crippen LogP contribution in [0.15, 0.2) is 54.6 Å². The summed E-state index contributed by atoms with van der Waals surface area (Å²) in [6, 6.07) is 17.3. The van der Waals surface area contributed by atoms with Crippen LogP contribution in [-0.4, -0.2) is 56.5 Å². The fourth-order valence-electron chi connectivity index (χ4n) is 3.50. The number of rotatable bonds is 8. The van der Waals surface area contributed by atoms with E-state index in [9.17, 15) is 9.59 Å². The number of anilines is 2. The number of hydrogen-bond acceptors (Lipinski definition) is 4. The highest BCUT2D eigenvalue weighted by Gasteiger charge is 2.23. The van der Waals surface area contributed by atoms with Gasteiger partial charge in [0.2, 0.25) is 11.8 Å². The maximum atomic E-state index is 12.2. The van der Waals surface area contributed by atoms with E-state index < -0.39 is 0 Å². The third-order valence-corrected chi connectivity index (χ3v) is 5.17. The molecule has 1 atom stereocenters. The van der Waals surface area contributed by atoms with Crippen molar-refractivity contribution in [2.24, 2.45) is 5.92 Å². The molecule has 29 heavy (non-hydrogen) atoms. The molecule has 7 heteroatoms. The summed E-state index contributed by atoms with van der Waals surface area (Å²) < 4.78 is 0. The molecule has 154 valence electrons. The van der Waals surface area contributed by atoms with Gasteiger partial charge < -0.3 is 15.5 Å². The van der Waals surface area contributed by atoms with Crippen LogP contribution in [0.1, 0.15) is 6.42 Å². The predicted octanol–water partition coefficient (Wildman–Crippen LogP) is 2.85. The molecule has 0 radical (unpaired) electrons. The molecule has 1 fully saturated rings. The van der Waals surface area contributed by atoms with Gasteiger partial charge in [-0.15, -0.1) is 0 Å². The Morgan fingerprint density at radius 3 is 2.62 bits per heavy atom. The number of para-hydroxylation sites is 1. The average molecular weight is 415 g/mol. The van der Waals surface area contributed by atoms with Gasteiger partial charge in [-0.05, 0) is 49.7 Å². The molecule has 2 aromatic rings. The molecule has 1 saturated heterocycles. The molecular formula is C22H27ClN4O2. The first-order valence-electron chi connectivity index (χ1n) is 9.80. The number of carbonyl (C=O) groups excluding carboxylic acids is 2. The Bertz CT molecular complexity index is 831. The normalized spacial score (nSPS) is 16.1. The van der Waals surface area contributed by atoms with E-state index in [1.165, 1.54) is 5.69 Å². The van der Waals surface area contributed by atoms with Gasteiger partial charge in [-0.25, -0.2) is 0 Å². The molecule has 0 bridgehead atoms. The number of halogens is 1. The van der Waals surface area contributed by atoms with E-state index in [1.54, 1.807) is 36.2 Å². The van der Waals surface area contributed by atoms with Crippen LogP contribution in [0.4, 0.5) is 11.4 Å². The molecule has 2 N–H and O–H groups in total. The minimum absolute atomic E-state index is 0.0683. The van der Waals surface area contributed by atoms with Gasteiger partial charge in [0.1, 0.15) is 0 Å². The molecule has 1 aliphatic heterocycles. The first-order valence-corrected chi connectivity index (χ1v) is 10.2. The second-order valence-electron chi connectivity index (χ2n) is 7.47. The number of carbonyl (C=O) groups is 2. The fraction of sp³-hybridized carbons (Fsp3) is 0.364. The van der Waals surface area contributed by atoms with E-state index in [1.807, 2.05) is 18.2 Å². The Morgan fingerprint density at radius 1 is 1.10 bits per heavy atom. The van der Waals surface area contributed by atoms with Crippen LogP contribution in [0.25, 0.3) is 0 Å². The first-order chi connectivity index (χ1) is 14.0. The molecule has 0 spiro atoms. The van der Waals surface area contributed by atoms with Crippen molar-refractivity contribution in [3.05, 3.63) is 59.6 Å². The smallest absolute Gasteiger partial charge is 0.238 e. The summed E-state index contributed by atoms with van der Waals surface area (Å²) in [4.78, 5) is 28.4. The van der Waals surface area contributed by atoms with E-state index in [0.717, 1.165) is 19.5 Å². The highest BCUT2D eigenvalue weighted by atomic mass is 35.5. The van der Waals surface area contributed by atoms with Crippen molar-refractivity contribution >= 4 is 34.8 Å². The Kier molecular flexibility index (Phi) is 7.49. The van der Waals surface area contributed by atoms with Crippen LogP contribution in [0.2, 0.25) is 5.02 Å². The summed E-state index contributed by atoms with van der Waals surface area (Å²) in [5, 5.41) is 6.35. The molecule has 0 aromatic heterocycles. The summed E-state index contributed by atoms with van der Waals surface area (Å²) in [6.45, 7) is 2.92. The van der Waals surface area contributed by atoms with Gasteiger partial charge in [0.05, 0.1) is 13.1 Å². The van der Waals surface area contributed by atoms with Gasteiger partial charge in [-0.3, -0.25) is 14.5 Å². The van der Waals surface area contributed by atoms with Crippen molar-refractivity contribution < 1.29 is 9.59 Å². The number of nitrogens with one attached hydrogen (secondary N) is 2. The molecule has 6 nitrogen and oxygen atoms in total. The number of amides is 2. The van der Waals surface area contributed by atoms with Gasteiger partial charge in [0.25, 0.3) is 0 Å². The standard InChI is InChI=1S/C22H27ClN4O2/c1-26(16-22(29)25-19-7-5-6-18(23)12-19)15-21(28)24-13-17-10-11-27(14-17)20-8-3-2-4-9-20/h2-9,12,17H,10-11,13-16H2,1H3,(H,24,28)(H,25,29). The first kappa shape index (κ1) is 21.1. The lowest BCUT2D eigenvalue weighted by Crippen LogP contribution is -2.40. The quantitative estimate of drug-likeness (QED) is 0.697. The van der Waals surface area contributed by atoms with Gasteiger partial charge in [0.15, 0.2) is 0 Å². The van der Waals surface area contributed by atoms with Gasteiger partial charge >= 0.3 is 0 Å². The van der Waals surface area contributed by atoms with E-state index in [-0.39, 0.29) is 24.9 Å². The van der Waals surface area contributed by atoms with Crippen LogP contribution >= 0.6 is 11.6 Å². The van der Waals surface area contributed by atoms with E-state index in [2.05, 4.69) is 27.7 Å². The molecular weight excluding hydrogens is 388 g/mol. The molecule has 1 unspecified atom stereocenters. The summed E-state index contributed by atoms with van der Waals surface area (Å²) in [5.41, 5.74) is 1.87. The Balaban J connectivity index is 1.35. The number of likely N-dealkylation sites (N-methyl/N-ethyl adjacent to an activating group) is 1. The maximum Gasteiger partial charge on any atom is 0.238 e. The Labute approximate surface area is 176 Å². The van der Waals surface area contributed by atoms with Crippen LogP contribution in [0, 0.1) is 5.92 Å². The topological polar surface area (TPSA) is 64.7 Å². The van der Waals surface area contributed by atoms with Gasteiger partial charge in [-0.2, -0.15) is 0 Å². The van der Waals surface area contributed by atoms with E-state index in [0.29, 0.717) is 23.2 Å². The monoisotopic (exact) mass is 414 g/mol. The van der Waals surface area contributed by atoms with Crippen molar-refractivity contribution in [3.63, 3.8) is 0 Å². The molecule has 1 heterocycles. The molecule has 0 aliphatic carbocycles. The number of hydrogen-bond donors (Lipinski definition) is 2. The largest absolute Gasteiger partial charge is 0.371 e. The van der Waals surface area contributed by atoms with Crippen molar-refractivity contribution in [3.8, 4) is 0 Å². The molecule has 3 rings (SSSR count). The highest BCUT2D eigenvalue weighted by molar-refractivity contribution is 6.30. The van der Waals surface area contributed by atoms with Gasteiger partial charge in [-0.1, -0.05) is 35.9 Å². The average Bonchev–Trinajstić information content (AvgIpc) is 3.16. The minimum Gasteiger partial charge on any atom is -0.371 e. The second kappa shape index (κ2) is 10.3. The van der Waals surface area contributed by atoms with E-state index >= 15 is 0 Å². The maximum absolute atomic E-state index is 12.2. The highest BCUT2D eigenvalue weighted by Crippen LogP contribution is 2.22. The third kappa shape index (κ3) is 6.76. The summed E-state index contributed by atoms with van der Waals surface area (Å²) in [5.74, 6) is 0.189. The Hall–Kier alpha value is -2.57. The molecule has 2 amide bonds. The second-order valence-corrected chi connectivity index (χ2v) is 7.91. The van der Waals surface area contributed by atoms with E-state index in [4.69, 9.17) is 11.6 Å². The van der Waals surface area contributed by atoms with Crippen molar-refractivity contribution in [1.29, 1.82) is 0 Å². The van der Waals surface area contributed by atoms with Crippen molar-refractivity contribution in [1.82, 2.24) is 10.2 Å². The van der Waals surface area contributed by atoms with Crippen LogP contribution in [0.5, 0.6) is 0 Å². The number of nitrogens with zero attached hydrogens (tertiary/aromatic N) is 2. The van der Waals surface area contributed by atoms with Crippen molar-refractivity contribution in [2.75, 3.05) is 50.0 Å². The fourth-order valence-corrected chi connectivity index (χ4v) is 3.69. The lowest BCUT2D eigenvalue weighted by molar-refractivity contribution is -0.123. The zero-order chi connectivity index (χ0) is 20.6. The predicted molar refractivity (Wildman–Crippen MR) is 117 cm³/mol. The molecule has 2 aromatic carbocycles. The lowest BCUT2D eigenvalue weighted by Gasteiger charge is -2.19. The third-order valence-electron chi connectivity index (χ3n) is 4.93. The summed E-state index contributed by atoms with van der Waals surface area (Å²) in [7, 11) is 1.75. The molecule has 1 aliphatic rings. The Morgan fingerprint density at radius 2 is 1.86 bits per heavy atom. The van der Waals surface area contributed by atoms with Crippen molar-refractivity contribution in [2.45, 2.75) is 6.42 Å². The number of benzene rings is 2. The van der Waals surface area contributed by atoms with Crippen LogP contribution in [-0.2, 0) is 9.59 Å². The lowest BCUT2D eigenvalue weighted by atomic mass is 10.1. The minimum atomic E-state index is -0.183. The zero-order valence-electron chi connectivity index (χ0n) is 16.6. The van der Waals surface area contributed by atoms with Gasteiger partial charge in [0, 0.05) is 36.0 Å². The SMILES string of the molecule is CN(CC(=O)NCC1CCN(c2ccccc2)C1)CC(=O)Nc1cccc(Cl)c1. The van der Waals surface area contributed by atoms with Crippen LogP contribution in [0.3, 0.4) is 0 Å². The summed E-state index contributed by atoms with van der Waals surface area (Å²) in [6.07, 6.45) is 1.06. The zero-order valence-corrected chi connectivity index (χ0v) is 17.4.